The summed E-state index contributed by atoms with van der Waals surface area (Å²) in [6.07, 6.45) is 2.03. The molecule has 1 unspecified atom stereocenters. The number of nitrogens with zero attached hydrogens (tertiary/aromatic N) is 1. The molecule has 0 spiro atoms. The molecule has 2 aromatic heterocycles. The van der Waals surface area contributed by atoms with Crippen LogP contribution in [0.4, 0.5) is 4.79 Å². The number of fused-ring (bicyclic) bond motifs is 1. The van der Waals surface area contributed by atoms with E-state index in [1.54, 1.807) is 47.1 Å². The lowest BCUT2D eigenvalue weighted by Crippen LogP contribution is -2.36. The van der Waals surface area contributed by atoms with Gasteiger partial charge in [0.1, 0.15) is 23.7 Å². The number of ketones is 1. The third kappa shape index (κ3) is 4.75. The average molecular weight is 416 g/mol. The molecule has 0 saturated heterocycles. The molecule has 30 heavy (non-hydrogen) atoms. The third-order valence-electron chi connectivity index (χ3n) is 5.00. The summed E-state index contributed by atoms with van der Waals surface area (Å²) in [5.74, 6) is 0.136. The van der Waals surface area contributed by atoms with Gasteiger partial charge >= 0.3 is 12.1 Å². The van der Waals surface area contributed by atoms with E-state index in [-0.39, 0.29) is 30.5 Å². The van der Waals surface area contributed by atoms with Gasteiger partial charge in [0.05, 0.1) is 12.8 Å². The van der Waals surface area contributed by atoms with E-state index < -0.39 is 17.7 Å². The van der Waals surface area contributed by atoms with Crippen molar-refractivity contribution in [3.05, 3.63) is 46.7 Å². The van der Waals surface area contributed by atoms with Gasteiger partial charge in [-0.2, -0.15) is 0 Å². The van der Waals surface area contributed by atoms with Gasteiger partial charge in [-0.25, -0.2) is 9.59 Å². The third-order valence-corrected chi connectivity index (χ3v) is 5.00. The lowest BCUT2D eigenvalue weighted by molar-refractivity contribution is 0.0215. The van der Waals surface area contributed by atoms with Gasteiger partial charge in [-0.15, -0.1) is 0 Å². The zero-order valence-electron chi connectivity index (χ0n) is 18.0. The van der Waals surface area contributed by atoms with Crippen LogP contribution in [-0.2, 0) is 15.9 Å². The first-order chi connectivity index (χ1) is 14.1. The summed E-state index contributed by atoms with van der Waals surface area (Å²) >= 11 is 0. The van der Waals surface area contributed by atoms with Gasteiger partial charge in [-0.05, 0) is 51.8 Å². The van der Waals surface area contributed by atoms with E-state index in [1.807, 2.05) is 6.07 Å². The van der Waals surface area contributed by atoms with Crippen LogP contribution in [0.3, 0.4) is 0 Å². The van der Waals surface area contributed by atoms with Crippen LogP contribution in [0.25, 0.3) is 0 Å². The number of carbonyl (C=O) groups excluding carboxylic acids is 3. The van der Waals surface area contributed by atoms with Crippen molar-refractivity contribution in [2.24, 2.45) is 0 Å². The van der Waals surface area contributed by atoms with Gasteiger partial charge in [0.2, 0.25) is 0 Å². The first kappa shape index (κ1) is 21.7. The Balaban J connectivity index is 1.62. The second-order valence-electron chi connectivity index (χ2n) is 8.56. The molecule has 0 fully saturated rings. The highest BCUT2D eigenvalue weighted by Crippen LogP contribution is 2.35. The van der Waals surface area contributed by atoms with Gasteiger partial charge in [-0.3, -0.25) is 4.79 Å². The topological polar surface area (TPSA) is 102 Å². The molecule has 1 aliphatic rings. The molecule has 0 aromatic carbocycles. The van der Waals surface area contributed by atoms with Crippen molar-refractivity contribution >= 4 is 17.8 Å². The zero-order valence-corrected chi connectivity index (χ0v) is 18.0. The second kappa shape index (κ2) is 8.38. The number of rotatable bonds is 5. The number of Topliss-reactive ketones (excluding diaryl/α,β-unsaturated/α-hetero) is 1. The van der Waals surface area contributed by atoms with Crippen LogP contribution in [0.5, 0.6) is 0 Å². The molecule has 162 valence electrons. The minimum Gasteiger partial charge on any atom is -0.469 e. The molecule has 0 radical (unpaired) electrons. The van der Waals surface area contributed by atoms with Crippen LogP contribution in [0.1, 0.15) is 71.0 Å². The molecule has 3 rings (SSSR count). The fraction of sp³-hybridized carbons (Fsp3) is 0.500. The van der Waals surface area contributed by atoms with Crippen LogP contribution in [-0.4, -0.2) is 53.5 Å². The minimum absolute atomic E-state index is 0.0146. The number of carbonyl (C=O) groups is 3. The van der Waals surface area contributed by atoms with Crippen molar-refractivity contribution in [3.63, 3.8) is 0 Å². The molecule has 0 bridgehead atoms. The van der Waals surface area contributed by atoms with E-state index in [9.17, 15) is 14.4 Å². The average Bonchev–Trinajstić information content (AvgIpc) is 3.28. The van der Waals surface area contributed by atoms with Crippen LogP contribution < -0.4 is 0 Å². The lowest BCUT2D eigenvalue weighted by atomic mass is 9.84. The number of likely N-dealkylation sites (N-methyl/N-ethyl adjacent to an activating group) is 1. The number of esters is 1. The Bertz CT molecular complexity index is 936. The Kier molecular flexibility index (Phi) is 6.05. The summed E-state index contributed by atoms with van der Waals surface area (Å²) in [6, 6.07) is 3.65. The number of H-pyrrole nitrogens is 1. The van der Waals surface area contributed by atoms with E-state index in [0.29, 0.717) is 24.0 Å². The number of nitrogens with one attached hydrogen (secondary N) is 1. The van der Waals surface area contributed by atoms with E-state index in [0.717, 1.165) is 11.5 Å². The molecule has 1 atom stereocenters. The van der Waals surface area contributed by atoms with Gasteiger partial charge in [-0.1, -0.05) is 0 Å². The van der Waals surface area contributed by atoms with E-state index >= 15 is 0 Å². The largest absolute Gasteiger partial charge is 0.469 e. The molecule has 1 N–H and O–H groups in total. The van der Waals surface area contributed by atoms with Gasteiger partial charge in [0.25, 0.3) is 0 Å². The van der Waals surface area contributed by atoms with E-state index in [1.165, 1.54) is 4.90 Å². The predicted octanol–water partition coefficient (Wildman–Crippen LogP) is 3.85. The smallest absolute Gasteiger partial charge is 0.410 e. The summed E-state index contributed by atoms with van der Waals surface area (Å²) < 4.78 is 16.0. The Morgan fingerprint density at radius 1 is 1.30 bits per heavy atom. The molecular weight excluding hydrogens is 388 g/mol. The molecule has 0 saturated carbocycles. The highest BCUT2D eigenvalue weighted by Gasteiger charge is 2.33. The SMILES string of the molecule is Cc1c(C(=O)OCCN(C)C(=O)OC(C)(C)C)[nH]c2c1C(=O)CC(c1ccco1)C2. The number of hydrogen-bond acceptors (Lipinski definition) is 6. The Hall–Kier alpha value is -3.03. The zero-order chi connectivity index (χ0) is 22.1. The lowest BCUT2D eigenvalue weighted by Gasteiger charge is -2.24. The van der Waals surface area contributed by atoms with Crippen molar-refractivity contribution in [2.45, 2.75) is 52.1 Å². The van der Waals surface area contributed by atoms with Crippen molar-refractivity contribution in [2.75, 3.05) is 20.2 Å². The molecule has 1 amide bonds. The van der Waals surface area contributed by atoms with Crippen LogP contribution >= 0.6 is 0 Å². The van der Waals surface area contributed by atoms with E-state index in [2.05, 4.69) is 4.98 Å². The molecule has 8 heteroatoms. The normalized spacial score (nSPS) is 16.2. The molecule has 0 aliphatic heterocycles. The molecule has 2 heterocycles. The standard InChI is InChI=1S/C22H28N2O6/c1-13-18-15(11-14(12-16(18)25)17-7-6-9-28-17)23-19(13)20(26)29-10-8-24(5)21(27)30-22(2,3)4/h6-7,9,14,23H,8,10-12H2,1-5H3. The van der Waals surface area contributed by atoms with Crippen LogP contribution in [0, 0.1) is 6.92 Å². The van der Waals surface area contributed by atoms with Gasteiger partial charge < -0.3 is 23.8 Å². The maximum absolute atomic E-state index is 12.7. The first-order valence-corrected chi connectivity index (χ1v) is 9.96. The highest BCUT2D eigenvalue weighted by molar-refractivity contribution is 6.03. The maximum atomic E-state index is 12.7. The molecule has 8 nitrogen and oxygen atoms in total. The van der Waals surface area contributed by atoms with Crippen molar-refractivity contribution in [3.8, 4) is 0 Å². The number of hydrogen-bond donors (Lipinski definition) is 1. The number of amides is 1. The predicted molar refractivity (Wildman–Crippen MR) is 109 cm³/mol. The second-order valence-corrected chi connectivity index (χ2v) is 8.56. The first-order valence-electron chi connectivity index (χ1n) is 9.96. The molecular formula is C22H28N2O6. The van der Waals surface area contributed by atoms with Crippen molar-refractivity contribution in [1.29, 1.82) is 0 Å². The Morgan fingerprint density at radius 3 is 2.67 bits per heavy atom. The van der Waals surface area contributed by atoms with Crippen LogP contribution in [0.15, 0.2) is 22.8 Å². The fourth-order valence-corrected chi connectivity index (χ4v) is 3.54. The summed E-state index contributed by atoms with van der Waals surface area (Å²) in [5.41, 5.74) is 1.56. The highest BCUT2D eigenvalue weighted by atomic mass is 16.6. The quantitative estimate of drug-likeness (QED) is 0.743. The number of ether oxygens (including phenoxy) is 2. The summed E-state index contributed by atoms with van der Waals surface area (Å²) in [4.78, 5) is 41.6. The summed E-state index contributed by atoms with van der Waals surface area (Å²) in [6.45, 7) is 7.30. The summed E-state index contributed by atoms with van der Waals surface area (Å²) in [5, 5.41) is 0. The number of aromatic amines is 1. The Labute approximate surface area is 175 Å². The van der Waals surface area contributed by atoms with E-state index in [4.69, 9.17) is 13.9 Å². The van der Waals surface area contributed by atoms with Gasteiger partial charge in [0, 0.05) is 30.6 Å². The van der Waals surface area contributed by atoms with Crippen molar-refractivity contribution < 1.29 is 28.3 Å². The number of furan rings is 1. The molecule has 2 aromatic rings. The molecule has 1 aliphatic carbocycles. The van der Waals surface area contributed by atoms with Crippen molar-refractivity contribution in [1.82, 2.24) is 9.88 Å². The minimum atomic E-state index is -0.595. The monoisotopic (exact) mass is 416 g/mol. The number of aromatic nitrogens is 1. The van der Waals surface area contributed by atoms with Crippen LogP contribution in [0.2, 0.25) is 0 Å². The maximum Gasteiger partial charge on any atom is 0.410 e. The van der Waals surface area contributed by atoms with Gasteiger partial charge in [0.15, 0.2) is 5.78 Å². The fourth-order valence-electron chi connectivity index (χ4n) is 3.54. The summed E-state index contributed by atoms with van der Waals surface area (Å²) in [7, 11) is 1.58. The Morgan fingerprint density at radius 2 is 2.03 bits per heavy atom.